The summed E-state index contributed by atoms with van der Waals surface area (Å²) < 4.78 is 5.53. The van der Waals surface area contributed by atoms with Crippen molar-refractivity contribution in [3.05, 3.63) is 59.4 Å². The van der Waals surface area contributed by atoms with Gasteiger partial charge in [-0.05, 0) is 56.2 Å². The van der Waals surface area contributed by atoms with Crippen molar-refractivity contribution >= 4 is 16.9 Å². The molecule has 1 unspecified atom stereocenters. The van der Waals surface area contributed by atoms with Crippen molar-refractivity contribution in [2.24, 2.45) is 0 Å². The van der Waals surface area contributed by atoms with E-state index >= 15 is 0 Å². The van der Waals surface area contributed by atoms with Crippen molar-refractivity contribution in [2.75, 3.05) is 6.61 Å². The number of ether oxygens (including phenoxy) is 1. The number of para-hydroxylation sites is 2. The number of benzene rings is 2. The maximum absolute atomic E-state index is 12.6. The number of imidazole rings is 1. The monoisotopic (exact) mass is 337 g/mol. The van der Waals surface area contributed by atoms with Gasteiger partial charge in [-0.3, -0.25) is 4.79 Å². The molecule has 2 N–H and O–H groups in total. The fourth-order valence-electron chi connectivity index (χ4n) is 2.85. The van der Waals surface area contributed by atoms with Gasteiger partial charge in [0.2, 0.25) is 0 Å². The van der Waals surface area contributed by atoms with E-state index in [0.717, 1.165) is 34.6 Å². The van der Waals surface area contributed by atoms with E-state index in [2.05, 4.69) is 15.3 Å². The Hall–Kier alpha value is -2.82. The lowest BCUT2D eigenvalue weighted by Gasteiger charge is -2.15. The minimum absolute atomic E-state index is 0.113. The minimum atomic E-state index is -0.160. The third-order valence-electron chi connectivity index (χ3n) is 4.19. The molecule has 1 aromatic heterocycles. The molecule has 0 radical (unpaired) electrons. The summed E-state index contributed by atoms with van der Waals surface area (Å²) in [5.41, 5.74) is 3.45. The Morgan fingerprint density at radius 2 is 2.04 bits per heavy atom. The Morgan fingerprint density at radius 1 is 1.24 bits per heavy atom. The lowest BCUT2D eigenvalue weighted by atomic mass is 10.1. The smallest absolute Gasteiger partial charge is 0.251 e. The first-order valence-corrected chi connectivity index (χ1v) is 8.61. The summed E-state index contributed by atoms with van der Waals surface area (Å²) in [6.07, 6.45) is 0.752. The number of nitrogens with zero attached hydrogens (tertiary/aromatic N) is 1. The van der Waals surface area contributed by atoms with E-state index in [4.69, 9.17) is 4.74 Å². The van der Waals surface area contributed by atoms with Crippen LogP contribution in [0.1, 0.15) is 48.1 Å². The van der Waals surface area contributed by atoms with Crippen LogP contribution in [0.15, 0.2) is 42.5 Å². The van der Waals surface area contributed by atoms with Crippen LogP contribution >= 0.6 is 0 Å². The molecule has 0 saturated heterocycles. The van der Waals surface area contributed by atoms with E-state index in [1.54, 1.807) is 6.07 Å². The molecule has 0 fully saturated rings. The van der Waals surface area contributed by atoms with Gasteiger partial charge >= 0.3 is 0 Å². The quantitative estimate of drug-likeness (QED) is 0.710. The van der Waals surface area contributed by atoms with Gasteiger partial charge in [-0.2, -0.15) is 0 Å². The van der Waals surface area contributed by atoms with Gasteiger partial charge < -0.3 is 15.0 Å². The molecule has 25 heavy (non-hydrogen) atoms. The second kappa shape index (κ2) is 7.38. The summed E-state index contributed by atoms with van der Waals surface area (Å²) in [6, 6.07) is 13.2. The van der Waals surface area contributed by atoms with Crippen LogP contribution in [0.5, 0.6) is 5.75 Å². The first-order valence-electron chi connectivity index (χ1n) is 8.61. The maximum Gasteiger partial charge on any atom is 0.251 e. The van der Waals surface area contributed by atoms with Gasteiger partial charge in [0.05, 0.1) is 23.7 Å². The van der Waals surface area contributed by atoms with E-state index in [1.807, 2.05) is 57.2 Å². The third-order valence-corrected chi connectivity index (χ3v) is 4.19. The fraction of sp³-hybridized carbons (Fsp3) is 0.300. The average Bonchev–Trinajstić information content (AvgIpc) is 3.05. The summed E-state index contributed by atoms with van der Waals surface area (Å²) in [7, 11) is 0. The first kappa shape index (κ1) is 17.0. The molecule has 0 aliphatic rings. The SMILES string of the molecule is CCOc1ccc(C(=O)NC(CC)c2nc3ccccc3[nH]2)cc1C. The number of aryl methyl sites for hydroxylation is 1. The third kappa shape index (κ3) is 3.65. The Labute approximate surface area is 147 Å². The predicted molar refractivity (Wildman–Crippen MR) is 98.9 cm³/mol. The Balaban J connectivity index is 1.79. The van der Waals surface area contributed by atoms with Crippen molar-refractivity contribution in [2.45, 2.75) is 33.2 Å². The maximum atomic E-state index is 12.6. The summed E-state index contributed by atoms with van der Waals surface area (Å²) in [5, 5.41) is 3.07. The molecule has 0 spiro atoms. The molecule has 1 heterocycles. The molecule has 2 aromatic carbocycles. The lowest BCUT2D eigenvalue weighted by Crippen LogP contribution is -2.29. The minimum Gasteiger partial charge on any atom is -0.494 e. The zero-order valence-corrected chi connectivity index (χ0v) is 14.8. The zero-order valence-electron chi connectivity index (χ0n) is 14.8. The van der Waals surface area contributed by atoms with E-state index < -0.39 is 0 Å². The number of fused-ring (bicyclic) bond motifs is 1. The topological polar surface area (TPSA) is 67.0 Å². The van der Waals surface area contributed by atoms with Gasteiger partial charge in [0, 0.05) is 5.56 Å². The molecule has 5 heteroatoms. The molecule has 3 rings (SSSR count). The number of aromatic nitrogens is 2. The van der Waals surface area contributed by atoms with Crippen molar-refractivity contribution in [3.63, 3.8) is 0 Å². The molecule has 1 atom stereocenters. The van der Waals surface area contributed by atoms with Crippen molar-refractivity contribution < 1.29 is 9.53 Å². The number of carbonyl (C=O) groups excluding carboxylic acids is 1. The highest BCUT2D eigenvalue weighted by molar-refractivity contribution is 5.94. The average molecular weight is 337 g/mol. The van der Waals surface area contributed by atoms with Gasteiger partial charge in [0.1, 0.15) is 11.6 Å². The highest BCUT2D eigenvalue weighted by atomic mass is 16.5. The Morgan fingerprint density at radius 3 is 2.72 bits per heavy atom. The van der Waals surface area contributed by atoms with Crippen LogP contribution in [-0.4, -0.2) is 22.5 Å². The normalized spacial score (nSPS) is 12.1. The van der Waals surface area contributed by atoms with Crippen LogP contribution in [0.25, 0.3) is 11.0 Å². The number of H-pyrrole nitrogens is 1. The molecule has 5 nitrogen and oxygen atoms in total. The molecule has 130 valence electrons. The Kier molecular flexibility index (Phi) is 5.03. The highest BCUT2D eigenvalue weighted by Gasteiger charge is 2.18. The van der Waals surface area contributed by atoms with Crippen LogP contribution in [0.2, 0.25) is 0 Å². The molecule has 0 saturated carbocycles. The van der Waals surface area contributed by atoms with Crippen LogP contribution in [-0.2, 0) is 0 Å². The summed E-state index contributed by atoms with van der Waals surface area (Å²) in [6.45, 7) is 6.52. The van der Waals surface area contributed by atoms with Crippen LogP contribution in [0.4, 0.5) is 0 Å². The van der Waals surface area contributed by atoms with Gasteiger partial charge in [-0.15, -0.1) is 0 Å². The fourth-order valence-corrected chi connectivity index (χ4v) is 2.85. The number of nitrogens with one attached hydrogen (secondary N) is 2. The summed E-state index contributed by atoms with van der Waals surface area (Å²) >= 11 is 0. The standard InChI is InChI=1S/C20H23N3O2/c1-4-15(19-21-16-8-6-7-9-17(16)22-19)23-20(24)14-10-11-18(25-5-2)13(3)12-14/h6-12,15H,4-5H2,1-3H3,(H,21,22)(H,23,24). The molecular formula is C20H23N3O2. The number of hydrogen-bond donors (Lipinski definition) is 2. The van der Waals surface area contributed by atoms with Gasteiger partial charge in [0.15, 0.2) is 0 Å². The molecule has 0 aliphatic carbocycles. The number of aromatic amines is 1. The van der Waals surface area contributed by atoms with Crippen LogP contribution in [0, 0.1) is 6.92 Å². The van der Waals surface area contributed by atoms with Gasteiger partial charge in [0.25, 0.3) is 5.91 Å². The molecule has 1 amide bonds. The highest BCUT2D eigenvalue weighted by Crippen LogP contribution is 2.21. The molecular weight excluding hydrogens is 314 g/mol. The molecule has 0 aliphatic heterocycles. The molecule has 0 bridgehead atoms. The Bertz CT molecular complexity index is 853. The number of carbonyl (C=O) groups is 1. The van der Waals surface area contributed by atoms with Crippen molar-refractivity contribution in [1.29, 1.82) is 0 Å². The van der Waals surface area contributed by atoms with E-state index in [-0.39, 0.29) is 11.9 Å². The predicted octanol–water partition coefficient (Wildman–Crippen LogP) is 4.15. The van der Waals surface area contributed by atoms with Crippen molar-refractivity contribution in [3.8, 4) is 5.75 Å². The number of amides is 1. The zero-order chi connectivity index (χ0) is 17.8. The van der Waals surface area contributed by atoms with E-state index in [1.165, 1.54) is 0 Å². The van der Waals surface area contributed by atoms with Crippen LogP contribution < -0.4 is 10.1 Å². The first-order chi connectivity index (χ1) is 12.1. The largest absolute Gasteiger partial charge is 0.494 e. The van der Waals surface area contributed by atoms with Crippen LogP contribution in [0.3, 0.4) is 0 Å². The summed E-state index contributed by atoms with van der Waals surface area (Å²) in [4.78, 5) is 20.5. The van der Waals surface area contributed by atoms with Crippen molar-refractivity contribution in [1.82, 2.24) is 15.3 Å². The van der Waals surface area contributed by atoms with E-state index in [0.29, 0.717) is 12.2 Å². The van der Waals surface area contributed by atoms with E-state index in [9.17, 15) is 4.79 Å². The number of rotatable bonds is 6. The second-order valence-electron chi connectivity index (χ2n) is 5.99. The lowest BCUT2D eigenvalue weighted by molar-refractivity contribution is 0.0934. The summed E-state index contributed by atoms with van der Waals surface area (Å²) in [5.74, 6) is 1.47. The van der Waals surface area contributed by atoms with Gasteiger partial charge in [-0.25, -0.2) is 4.98 Å². The van der Waals surface area contributed by atoms with Gasteiger partial charge in [-0.1, -0.05) is 19.1 Å². The second-order valence-corrected chi connectivity index (χ2v) is 5.99. The molecule has 3 aromatic rings. The number of hydrogen-bond acceptors (Lipinski definition) is 3.